The standard InChI is InChI=1S/C12H23N3O3/c1-5-16-6-7-17-10(3)12-14-11(15-18-12)8-9(2)13-4/h9-10,13H,5-8H2,1-4H3. The summed E-state index contributed by atoms with van der Waals surface area (Å²) in [4.78, 5) is 4.31. The van der Waals surface area contributed by atoms with Gasteiger partial charge in [-0.25, -0.2) is 0 Å². The van der Waals surface area contributed by atoms with Gasteiger partial charge in [-0.1, -0.05) is 5.16 Å². The lowest BCUT2D eigenvalue weighted by atomic mass is 10.2. The molecule has 1 rings (SSSR count). The molecule has 6 heteroatoms. The molecule has 0 fully saturated rings. The fraction of sp³-hybridized carbons (Fsp3) is 0.833. The topological polar surface area (TPSA) is 69.4 Å². The molecule has 1 heterocycles. The molecule has 1 N–H and O–H groups in total. The van der Waals surface area contributed by atoms with Crippen LogP contribution >= 0.6 is 0 Å². The highest BCUT2D eigenvalue weighted by Crippen LogP contribution is 2.14. The van der Waals surface area contributed by atoms with Crippen molar-refractivity contribution in [2.45, 2.75) is 39.3 Å². The third-order valence-electron chi connectivity index (χ3n) is 2.61. The molecule has 0 aliphatic heterocycles. The lowest BCUT2D eigenvalue weighted by Crippen LogP contribution is -2.24. The zero-order chi connectivity index (χ0) is 13.4. The Morgan fingerprint density at radius 2 is 2.11 bits per heavy atom. The molecule has 0 amide bonds. The van der Waals surface area contributed by atoms with Gasteiger partial charge in [-0.2, -0.15) is 4.98 Å². The van der Waals surface area contributed by atoms with Gasteiger partial charge < -0.3 is 19.3 Å². The second kappa shape index (κ2) is 8.18. The third kappa shape index (κ3) is 5.12. The highest BCUT2D eigenvalue weighted by molar-refractivity contribution is 4.91. The average Bonchev–Trinajstić information content (AvgIpc) is 2.82. The third-order valence-corrected chi connectivity index (χ3v) is 2.61. The van der Waals surface area contributed by atoms with Gasteiger partial charge >= 0.3 is 0 Å². The van der Waals surface area contributed by atoms with Crippen LogP contribution in [0, 0.1) is 0 Å². The number of hydrogen-bond acceptors (Lipinski definition) is 6. The summed E-state index contributed by atoms with van der Waals surface area (Å²) in [5.41, 5.74) is 0. The molecule has 18 heavy (non-hydrogen) atoms. The Balaban J connectivity index is 2.36. The summed E-state index contributed by atoms with van der Waals surface area (Å²) >= 11 is 0. The molecule has 0 spiro atoms. The molecule has 0 aromatic carbocycles. The summed E-state index contributed by atoms with van der Waals surface area (Å²) < 4.78 is 15.9. The van der Waals surface area contributed by atoms with Crippen LogP contribution in [0.15, 0.2) is 4.52 Å². The van der Waals surface area contributed by atoms with E-state index in [4.69, 9.17) is 14.0 Å². The van der Waals surface area contributed by atoms with Gasteiger partial charge in [0.15, 0.2) is 5.82 Å². The van der Waals surface area contributed by atoms with Crippen molar-refractivity contribution >= 4 is 0 Å². The van der Waals surface area contributed by atoms with Crippen LogP contribution in [0.25, 0.3) is 0 Å². The number of rotatable bonds is 9. The molecule has 0 radical (unpaired) electrons. The second-order valence-electron chi connectivity index (χ2n) is 4.15. The predicted octanol–water partition coefficient (Wildman–Crippen LogP) is 1.33. The maximum absolute atomic E-state index is 5.54. The van der Waals surface area contributed by atoms with Gasteiger partial charge in [0.2, 0.25) is 0 Å². The Hall–Kier alpha value is -0.980. The Labute approximate surface area is 108 Å². The molecule has 6 nitrogen and oxygen atoms in total. The Bertz CT molecular complexity index is 330. The van der Waals surface area contributed by atoms with Crippen molar-refractivity contribution in [3.05, 3.63) is 11.7 Å². The number of ether oxygens (including phenoxy) is 2. The fourth-order valence-electron chi connectivity index (χ4n) is 1.39. The first-order valence-electron chi connectivity index (χ1n) is 6.36. The lowest BCUT2D eigenvalue weighted by Gasteiger charge is -2.08. The fourth-order valence-corrected chi connectivity index (χ4v) is 1.39. The Kier molecular flexibility index (Phi) is 6.85. The number of hydrogen-bond donors (Lipinski definition) is 1. The first-order valence-corrected chi connectivity index (χ1v) is 6.36. The molecule has 0 aliphatic carbocycles. The largest absolute Gasteiger partial charge is 0.379 e. The van der Waals surface area contributed by atoms with Gasteiger partial charge in [-0.15, -0.1) is 0 Å². The van der Waals surface area contributed by atoms with Crippen molar-refractivity contribution in [2.24, 2.45) is 0 Å². The van der Waals surface area contributed by atoms with E-state index in [0.717, 1.165) is 6.42 Å². The summed E-state index contributed by atoms with van der Waals surface area (Å²) in [5.74, 6) is 1.22. The van der Waals surface area contributed by atoms with Crippen LogP contribution in [0.2, 0.25) is 0 Å². The van der Waals surface area contributed by atoms with E-state index in [2.05, 4.69) is 22.4 Å². The minimum Gasteiger partial charge on any atom is -0.379 e. The normalized spacial score (nSPS) is 14.7. The van der Waals surface area contributed by atoms with Gasteiger partial charge in [0.05, 0.1) is 13.2 Å². The molecular formula is C12H23N3O3. The van der Waals surface area contributed by atoms with Gasteiger partial charge in [0.1, 0.15) is 6.10 Å². The van der Waals surface area contributed by atoms with Crippen LogP contribution < -0.4 is 5.32 Å². The zero-order valence-corrected chi connectivity index (χ0v) is 11.6. The van der Waals surface area contributed by atoms with E-state index in [9.17, 15) is 0 Å². The highest BCUT2D eigenvalue weighted by atomic mass is 16.5. The van der Waals surface area contributed by atoms with Crippen molar-refractivity contribution < 1.29 is 14.0 Å². The maximum Gasteiger partial charge on any atom is 0.255 e. The second-order valence-corrected chi connectivity index (χ2v) is 4.15. The maximum atomic E-state index is 5.54. The average molecular weight is 257 g/mol. The summed E-state index contributed by atoms with van der Waals surface area (Å²) in [6.45, 7) is 7.72. The smallest absolute Gasteiger partial charge is 0.255 e. The van der Waals surface area contributed by atoms with E-state index in [1.165, 1.54) is 0 Å². The highest BCUT2D eigenvalue weighted by Gasteiger charge is 2.15. The van der Waals surface area contributed by atoms with Crippen LogP contribution in [0.3, 0.4) is 0 Å². The van der Waals surface area contributed by atoms with Crippen molar-refractivity contribution in [3.63, 3.8) is 0 Å². The lowest BCUT2D eigenvalue weighted by molar-refractivity contribution is 0.00144. The van der Waals surface area contributed by atoms with E-state index >= 15 is 0 Å². The van der Waals surface area contributed by atoms with Crippen LogP contribution in [0.4, 0.5) is 0 Å². The first-order chi connectivity index (χ1) is 8.67. The van der Waals surface area contributed by atoms with Crippen LogP contribution in [0.5, 0.6) is 0 Å². The van der Waals surface area contributed by atoms with Crippen molar-refractivity contribution in [1.29, 1.82) is 0 Å². The molecule has 104 valence electrons. The van der Waals surface area contributed by atoms with Gasteiger partial charge in [0, 0.05) is 19.1 Å². The molecule has 2 atom stereocenters. The number of nitrogens with one attached hydrogen (secondary N) is 1. The van der Waals surface area contributed by atoms with Gasteiger partial charge in [0.25, 0.3) is 5.89 Å². The monoisotopic (exact) mass is 257 g/mol. The van der Waals surface area contributed by atoms with E-state index in [-0.39, 0.29) is 6.10 Å². The van der Waals surface area contributed by atoms with E-state index in [1.807, 2.05) is 20.9 Å². The first kappa shape index (κ1) is 15.1. The molecular weight excluding hydrogens is 234 g/mol. The van der Waals surface area contributed by atoms with Crippen molar-refractivity contribution in [1.82, 2.24) is 15.5 Å². The number of likely N-dealkylation sites (N-methyl/N-ethyl adjacent to an activating group) is 1. The van der Waals surface area contributed by atoms with E-state index in [0.29, 0.717) is 37.6 Å². The van der Waals surface area contributed by atoms with E-state index < -0.39 is 0 Å². The molecule has 0 aliphatic rings. The quantitative estimate of drug-likeness (QED) is 0.673. The minimum atomic E-state index is -0.198. The summed E-state index contributed by atoms with van der Waals surface area (Å²) in [6.07, 6.45) is 0.544. The van der Waals surface area contributed by atoms with Gasteiger partial charge in [-0.3, -0.25) is 0 Å². The van der Waals surface area contributed by atoms with Crippen molar-refractivity contribution in [3.8, 4) is 0 Å². The van der Waals surface area contributed by atoms with Crippen LogP contribution in [-0.2, 0) is 15.9 Å². The Morgan fingerprint density at radius 1 is 1.33 bits per heavy atom. The summed E-state index contributed by atoms with van der Waals surface area (Å²) in [7, 11) is 1.91. The van der Waals surface area contributed by atoms with Gasteiger partial charge in [-0.05, 0) is 27.8 Å². The molecule has 1 aromatic rings. The van der Waals surface area contributed by atoms with Crippen molar-refractivity contribution in [2.75, 3.05) is 26.9 Å². The Morgan fingerprint density at radius 3 is 2.78 bits per heavy atom. The molecule has 0 bridgehead atoms. The molecule has 0 saturated heterocycles. The molecule has 2 unspecified atom stereocenters. The molecule has 1 aromatic heterocycles. The predicted molar refractivity (Wildman–Crippen MR) is 67.4 cm³/mol. The molecule has 0 saturated carbocycles. The summed E-state index contributed by atoms with van der Waals surface area (Å²) in [6, 6.07) is 0.324. The summed E-state index contributed by atoms with van der Waals surface area (Å²) in [5, 5.41) is 7.06. The van der Waals surface area contributed by atoms with Crippen LogP contribution in [0.1, 0.15) is 38.6 Å². The minimum absolute atomic E-state index is 0.198. The van der Waals surface area contributed by atoms with Crippen LogP contribution in [-0.4, -0.2) is 43.1 Å². The zero-order valence-electron chi connectivity index (χ0n) is 11.6. The SMILES string of the molecule is CCOCCOC(C)c1nc(CC(C)NC)no1. The van der Waals surface area contributed by atoms with E-state index in [1.54, 1.807) is 0 Å². The number of aromatic nitrogens is 2. The number of nitrogens with zero attached hydrogens (tertiary/aromatic N) is 2.